The minimum absolute atomic E-state index is 0.0342. The molecule has 5 nitrogen and oxygen atoms in total. The first-order valence-electron chi connectivity index (χ1n) is 7.75. The maximum absolute atomic E-state index is 6.08. The van der Waals surface area contributed by atoms with E-state index in [0.717, 1.165) is 27.6 Å². The molecule has 4 heterocycles. The SMILES string of the molecule is CC1OB(c2c[nH]c3ncc(-c4cccnc4)cc23)OC1(C)C. The van der Waals surface area contributed by atoms with Crippen molar-refractivity contribution in [2.75, 3.05) is 0 Å². The predicted molar refractivity (Wildman–Crippen MR) is 90.4 cm³/mol. The zero-order valence-electron chi connectivity index (χ0n) is 13.4. The van der Waals surface area contributed by atoms with Crippen molar-refractivity contribution >= 4 is 23.6 Å². The number of aromatic amines is 1. The maximum Gasteiger partial charge on any atom is 0.496 e. The Kier molecular flexibility index (Phi) is 3.25. The highest BCUT2D eigenvalue weighted by atomic mass is 16.7. The quantitative estimate of drug-likeness (QED) is 0.739. The molecule has 0 radical (unpaired) electrons. The van der Waals surface area contributed by atoms with Crippen LogP contribution in [0, 0.1) is 0 Å². The molecule has 1 aliphatic rings. The standard InChI is InChI=1S/C17H18BN3O2/c1-11-17(2,3)23-18(22-11)15-10-21-16-14(15)7-13(9-20-16)12-5-4-6-19-8-12/h4-11H,1-3H3,(H,20,21). The molecule has 1 unspecified atom stereocenters. The molecule has 0 spiro atoms. The number of H-pyrrole nitrogens is 1. The van der Waals surface area contributed by atoms with E-state index in [9.17, 15) is 0 Å². The Morgan fingerprint density at radius 3 is 2.83 bits per heavy atom. The second kappa shape index (κ2) is 5.18. The van der Waals surface area contributed by atoms with Crippen LogP contribution in [0.25, 0.3) is 22.2 Å². The summed E-state index contributed by atoms with van der Waals surface area (Å²) in [4.78, 5) is 11.9. The Balaban J connectivity index is 1.77. The summed E-state index contributed by atoms with van der Waals surface area (Å²) in [6.45, 7) is 6.13. The van der Waals surface area contributed by atoms with Gasteiger partial charge in [0.1, 0.15) is 5.65 Å². The van der Waals surface area contributed by atoms with E-state index in [1.54, 1.807) is 6.20 Å². The van der Waals surface area contributed by atoms with Gasteiger partial charge < -0.3 is 14.3 Å². The molecule has 1 saturated heterocycles. The molecule has 3 aromatic heterocycles. The lowest BCUT2D eigenvalue weighted by molar-refractivity contribution is 0.0842. The van der Waals surface area contributed by atoms with Crippen LogP contribution >= 0.6 is 0 Å². The summed E-state index contributed by atoms with van der Waals surface area (Å²) < 4.78 is 12.1. The van der Waals surface area contributed by atoms with Crippen LogP contribution in [0.5, 0.6) is 0 Å². The fraction of sp³-hybridized carbons (Fsp3) is 0.294. The molecule has 1 atom stereocenters. The van der Waals surface area contributed by atoms with Gasteiger partial charge in [0, 0.05) is 46.8 Å². The van der Waals surface area contributed by atoms with E-state index in [2.05, 4.69) is 21.0 Å². The number of fused-ring (bicyclic) bond motifs is 1. The van der Waals surface area contributed by atoms with Crippen molar-refractivity contribution in [1.29, 1.82) is 0 Å². The van der Waals surface area contributed by atoms with Gasteiger partial charge in [0.05, 0.1) is 11.7 Å². The van der Waals surface area contributed by atoms with E-state index in [-0.39, 0.29) is 18.8 Å². The topological polar surface area (TPSA) is 60.0 Å². The number of pyridine rings is 2. The molecular weight excluding hydrogens is 289 g/mol. The van der Waals surface area contributed by atoms with Crippen LogP contribution < -0.4 is 5.46 Å². The molecule has 3 aromatic rings. The summed E-state index contributed by atoms with van der Waals surface area (Å²) in [5, 5.41) is 1.02. The number of nitrogens with one attached hydrogen (secondary N) is 1. The molecule has 0 aliphatic carbocycles. The lowest BCUT2D eigenvalue weighted by Crippen LogP contribution is -2.34. The summed E-state index contributed by atoms with van der Waals surface area (Å²) in [6, 6.07) is 6.05. The maximum atomic E-state index is 6.08. The molecule has 0 amide bonds. The Labute approximate surface area is 135 Å². The van der Waals surface area contributed by atoms with Crippen molar-refractivity contribution in [3.8, 4) is 11.1 Å². The lowest BCUT2D eigenvalue weighted by Gasteiger charge is -2.21. The first-order chi connectivity index (χ1) is 11.0. The second-order valence-corrected chi connectivity index (χ2v) is 6.44. The summed E-state index contributed by atoms with van der Waals surface area (Å²) >= 11 is 0. The van der Waals surface area contributed by atoms with Crippen LogP contribution in [0.4, 0.5) is 0 Å². The van der Waals surface area contributed by atoms with E-state index in [4.69, 9.17) is 9.31 Å². The normalized spacial score (nSPS) is 20.3. The highest BCUT2D eigenvalue weighted by molar-refractivity contribution is 6.65. The minimum Gasteiger partial charge on any atom is -0.402 e. The van der Waals surface area contributed by atoms with Crippen LogP contribution in [-0.2, 0) is 9.31 Å². The van der Waals surface area contributed by atoms with E-state index in [1.165, 1.54) is 0 Å². The third-order valence-electron chi connectivity index (χ3n) is 4.53. The zero-order chi connectivity index (χ0) is 16.0. The van der Waals surface area contributed by atoms with Gasteiger partial charge in [0.15, 0.2) is 0 Å². The van der Waals surface area contributed by atoms with Crippen LogP contribution in [0.15, 0.2) is 43.0 Å². The van der Waals surface area contributed by atoms with Gasteiger partial charge in [-0.1, -0.05) is 6.07 Å². The smallest absolute Gasteiger partial charge is 0.402 e. The third-order valence-corrected chi connectivity index (χ3v) is 4.53. The Morgan fingerprint density at radius 2 is 2.13 bits per heavy atom. The van der Waals surface area contributed by atoms with Crippen LogP contribution in [0.2, 0.25) is 0 Å². The molecule has 1 fully saturated rings. The van der Waals surface area contributed by atoms with Crippen molar-refractivity contribution in [3.63, 3.8) is 0 Å². The van der Waals surface area contributed by atoms with E-state index >= 15 is 0 Å². The number of hydrogen-bond acceptors (Lipinski definition) is 4. The third kappa shape index (κ3) is 2.44. The first-order valence-corrected chi connectivity index (χ1v) is 7.75. The summed E-state index contributed by atoms with van der Waals surface area (Å²) in [5.41, 5.74) is 3.57. The van der Waals surface area contributed by atoms with Gasteiger partial charge in [-0.25, -0.2) is 4.98 Å². The average molecular weight is 307 g/mol. The van der Waals surface area contributed by atoms with Gasteiger partial charge >= 0.3 is 7.12 Å². The van der Waals surface area contributed by atoms with Crippen LogP contribution in [-0.4, -0.2) is 33.8 Å². The van der Waals surface area contributed by atoms with E-state index in [1.807, 2.05) is 51.5 Å². The minimum atomic E-state index is -0.375. The Bertz CT molecular complexity index is 847. The predicted octanol–water partition coefficient (Wildman–Crippen LogP) is 2.53. The molecule has 1 N–H and O–H groups in total. The molecule has 0 aromatic carbocycles. The summed E-state index contributed by atoms with van der Waals surface area (Å²) in [7, 11) is -0.375. The number of aromatic nitrogens is 3. The Hall–Kier alpha value is -2.18. The van der Waals surface area contributed by atoms with Crippen molar-refractivity contribution in [2.45, 2.75) is 32.5 Å². The average Bonchev–Trinajstić information content (AvgIpc) is 3.08. The molecule has 1 aliphatic heterocycles. The Morgan fingerprint density at radius 1 is 1.26 bits per heavy atom. The van der Waals surface area contributed by atoms with Crippen LogP contribution in [0.1, 0.15) is 20.8 Å². The largest absolute Gasteiger partial charge is 0.496 e. The molecular formula is C17H18BN3O2. The van der Waals surface area contributed by atoms with Gasteiger partial charge in [-0.3, -0.25) is 4.98 Å². The van der Waals surface area contributed by atoms with Crippen molar-refractivity contribution in [2.24, 2.45) is 0 Å². The van der Waals surface area contributed by atoms with E-state index in [0.29, 0.717) is 0 Å². The fourth-order valence-corrected chi connectivity index (χ4v) is 2.80. The molecule has 0 saturated carbocycles. The van der Waals surface area contributed by atoms with Crippen molar-refractivity contribution in [3.05, 3.63) is 43.0 Å². The zero-order valence-corrected chi connectivity index (χ0v) is 13.4. The lowest BCUT2D eigenvalue weighted by atomic mass is 9.79. The van der Waals surface area contributed by atoms with Gasteiger partial charge in [-0.05, 0) is 32.9 Å². The van der Waals surface area contributed by atoms with Crippen molar-refractivity contribution < 1.29 is 9.31 Å². The van der Waals surface area contributed by atoms with Gasteiger partial charge in [0.2, 0.25) is 0 Å². The monoisotopic (exact) mass is 307 g/mol. The molecule has 23 heavy (non-hydrogen) atoms. The van der Waals surface area contributed by atoms with Crippen molar-refractivity contribution in [1.82, 2.24) is 15.0 Å². The van der Waals surface area contributed by atoms with Crippen LogP contribution in [0.3, 0.4) is 0 Å². The second-order valence-electron chi connectivity index (χ2n) is 6.44. The molecule has 4 rings (SSSR count). The number of rotatable bonds is 2. The number of hydrogen-bond donors (Lipinski definition) is 1. The molecule has 0 bridgehead atoms. The number of nitrogens with zero attached hydrogens (tertiary/aromatic N) is 2. The highest BCUT2D eigenvalue weighted by Gasteiger charge is 2.44. The van der Waals surface area contributed by atoms with Gasteiger partial charge in [0.25, 0.3) is 0 Å². The summed E-state index contributed by atoms with van der Waals surface area (Å²) in [5.74, 6) is 0. The van der Waals surface area contributed by atoms with Gasteiger partial charge in [-0.15, -0.1) is 0 Å². The van der Waals surface area contributed by atoms with Gasteiger partial charge in [-0.2, -0.15) is 0 Å². The highest BCUT2D eigenvalue weighted by Crippen LogP contribution is 2.28. The molecule has 6 heteroatoms. The molecule has 116 valence electrons. The fourth-order valence-electron chi connectivity index (χ4n) is 2.80. The summed E-state index contributed by atoms with van der Waals surface area (Å²) in [6.07, 6.45) is 7.41. The van der Waals surface area contributed by atoms with E-state index < -0.39 is 0 Å². The first kappa shape index (κ1) is 14.4.